The topological polar surface area (TPSA) is 52.0 Å². The van der Waals surface area contributed by atoms with E-state index >= 15 is 0 Å². The van der Waals surface area contributed by atoms with Crippen molar-refractivity contribution in [3.63, 3.8) is 0 Å². The van der Waals surface area contributed by atoms with Crippen molar-refractivity contribution in [2.75, 3.05) is 13.1 Å². The summed E-state index contributed by atoms with van der Waals surface area (Å²) in [7, 11) is 1.92. The highest BCUT2D eigenvalue weighted by molar-refractivity contribution is 7.71. The number of hydrogen-bond donors (Lipinski definition) is 0. The molecule has 1 atom stereocenters. The SMILES string of the molecule is Cn1cnn(CN2CCCC(c3nc4ccccc4o3)C2)c1=S. The van der Waals surface area contributed by atoms with E-state index in [1.165, 1.54) is 0 Å². The number of aromatic nitrogens is 4. The first kappa shape index (κ1) is 14.6. The van der Waals surface area contributed by atoms with E-state index in [0.717, 1.165) is 54.4 Å². The van der Waals surface area contributed by atoms with Crippen LogP contribution >= 0.6 is 12.2 Å². The third-order valence-electron chi connectivity index (χ3n) is 4.39. The van der Waals surface area contributed by atoms with E-state index in [0.29, 0.717) is 5.92 Å². The van der Waals surface area contributed by atoms with Crippen LogP contribution in [0.25, 0.3) is 11.1 Å². The van der Waals surface area contributed by atoms with Crippen molar-refractivity contribution in [3.8, 4) is 0 Å². The minimum absolute atomic E-state index is 0.328. The van der Waals surface area contributed by atoms with E-state index in [1.807, 2.05) is 40.6 Å². The van der Waals surface area contributed by atoms with Crippen LogP contribution < -0.4 is 0 Å². The molecule has 1 aromatic carbocycles. The van der Waals surface area contributed by atoms with Gasteiger partial charge in [-0.05, 0) is 43.7 Å². The molecule has 2 aromatic heterocycles. The highest BCUT2D eigenvalue weighted by Crippen LogP contribution is 2.29. The Morgan fingerprint density at radius 3 is 3.00 bits per heavy atom. The van der Waals surface area contributed by atoms with Crippen molar-refractivity contribution >= 4 is 23.3 Å². The van der Waals surface area contributed by atoms with Crippen molar-refractivity contribution in [1.29, 1.82) is 0 Å². The van der Waals surface area contributed by atoms with Gasteiger partial charge in [0.15, 0.2) is 16.2 Å². The summed E-state index contributed by atoms with van der Waals surface area (Å²) in [5.74, 6) is 1.18. The van der Waals surface area contributed by atoms with E-state index < -0.39 is 0 Å². The van der Waals surface area contributed by atoms with Crippen molar-refractivity contribution in [2.45, 2.75) is 25.4 Å². The largest absolute Gasteiger partial charge is 0.440 e. The molecule has 0 N–H and O–H groups in total. The fourth-order valence-corrected chi connectivity index (χ4v) is 3.31. The fourth-order valence-electron chi connectivity index (χ4n) is 3.16. The van der Waals surface area contributed by atoms with Crippen LogP contribution in [-0.4, -0.2) is 37.3 Å². The molecule has 1 unspecified atom stereocenters. The van der Waals surface area contributed by atoms with Crippen molar-refractivity contribution in [1.82, 2.24) is 24.2 Å². The Bertz CT molecular complexity index is 847. The number of para-hydroxylation sites is 2. The quantitative estimate of drug-likeness (QED) is 0.692. The fraction of sp³-hybridized carbons (Fsp3) is 0.438. The van der Waals surface area contributed by atoms with Gasteiger partial charge in [0.25, 0.3) is 0 Å². The highest BCUT2D eigenvalue weighted by atomic mass is 32.1. The van der Waals surface area contributed by atoms with Crippen LogP contribution in [0.3, 0.4) is 0 Å². The second kappa shape index (κ2) is 5.90. The average Bonchev–Trinajstić information content (AvgIpc) is 3.14. The summed E-state index contributed by atoms with van der Waals surface area (Å²) < 4.78 is 10.4. The third kappa shape index (κ3) is 2.82. The molecule has 120 valence electrons. The monoisotopic (exact) mass is 329 g/mol. The zero-order valence-electron chi connectivity index (χ0n) is 13.1. The molecule has 1 aliphatic rings. The molecule has 0 bridgehead atoms. The first-order valence-corrected chi connectivity index (χ1v) is 8.28. The molecule has 4 rings (SSSR count). The van der Waals surface area contributed by atoms with Crippen molar-refractivity contribution in [2.24, 2.45) is 7.05 Å². The summed E-state index contributed by atoms with van der Waals surface area (Å²) in [6.45, 7) is 2.69. The van der Waals surface area contributed by atoms with E-state index in [1.54, 1.807) is 6.33 Å². The number of hydrogen-bond acceptors (Lipinski definition) is 5. The molecule has 0 radical (unpaired) electrons. The van der Waals surface area contributed by atoms with Gasteiger partial charge in [-0.15, -0.1) is 0 Å². The zero-order valence-corrected chi connectivity index (χ0v) is 13.9. The number of benzene rings is 1. The number of fused-ring (bicyclic) bond motifs is 1. The normalized spacial score (nSPS) is 19.4. The van der Waals surface area contributed by atoms with E-state index in [2.05, 4.69) is 15.0 Å². The van der Waals surface area contributed by atoms with Crippen LogP contribution in [0.15, 0.2) is 35.0 Å². The highest BCUT2D eigenvalue weighted by Gasteiger charge is 2.25. The second-order valence-electron chi connectivity index (χ2n) is 6.10. The number of oxazole rings is 1. The number of piperidine rings is 1. The summed E-state index contributed by atoms with van der Waals surface area (Å²) in [4.78, 5) is 7.03. The van der Waals surface area contributed by atoms with Crippen LogP contribution in [0.1, 0.15) is 24.7 Å². The lowest BCUT2D eigenvalue weighted by atomic mass is 9.98. The molecule has 0 amide bonds. The molecular formula is C16H19N5OS. The van der Waals surface area contributed by atoms with Crippen molar-refractivity contribution in [3.05, 3.63) is 41.3 Å². The Balaban J connectivity index is 1.52. The predicted octanol–water partition coefficient (Wildman–Crippen LogP) is 2.93. The molecule has 1 fully saturated rings. The predicted molar refractivity (Wildman–Crippen MR) is 89.6 cm³/mol. The summed E-state index contributed by atoms with van der Waals surface area (Å²) in [5.41, 5.74) is 1.80. The lowest BCUT2D eigenvalue weighted by Gasteiger charge is -2.30. The van der Waals surface area contributed by atoms with E-state index in [9.17, 15) is 0 Å². The average molecular weight is 329 g/mol. The lowest BCUT2D eigenvalue weighted by Crippen LogP contribution is -2.36. The van der Waals surface area contributed by atoms with Gasteiger partial charge in [0.2, 0.25) is 0 Å². The Kier molecular flexibility index (Phi) is 3.74. The summed E-state index contributed by atoms with van der Waals surface area (Å²) in [6.07, 6.45) is 3.99. The Morgan fingerprint density at radius 1 is 1.35 bits per heavy atom. The van der Waals surface area contributed by atoms with Gasteiger partial charge in [-0.25, -0.2) is 9.67 Å². The Morgan fingerprint density at radius 2 is 2.22 bits per heavy atom. The van der Waals surface area contributed by atoms with E-state index in [4.69, 9.17) is 16.6 Å². The third-order valence-corrected chi connectivity index (χ3v) is 4.88. The summed E-state index contributed by atoms with van der Waals surface area (Å²) in [5, 5.41) is 4.34. The van der Waals surface area contributed by atoms with Gasteiger partial charge in [0.1, 0.15) is 11.8 Å². The van der Waals surface area contributed by atoms with Crippen LogP contribution in [-0.2, 0) is 13.7 Å². The first-order chi connectivity index (χ1) is 11.2. The van der Waals surface area contributed by atoms with Gasteiger partial charge in [-0.3, -0.25) is 4.90 Å². The first-order valence-electron chi connectivity index (χ1n) is 7.87. The van der Waals surface area contributed by atoms with Gasteiger partial charge in [-0.1, -0.05) is 12.1 Å². The number of nitrogens with zero attached hydrogens (tertiary/aromatic N) is 5. The smallest absolute Gasteiger partial charge is 0.199 e. The molecule has 1 aliphatic heterocycles. The summed E-state index contributed by atoms with van der Waals surface area (Å²) in [6, 6.07) is 7.94. The van der Waals surface area contributed by atoms with Crippen molar-refractivity contribution < 1.29 is 4.42 Å². The van der Waals surface area contributed by atoms with Gasteiger partial charge in [-0.2, -0.15) is 5.10 Å². The van der Waals surface area contributed by atoms with E-state index in [-0.39, 0.29) is 0 Å². The molecule has 0 aliphatic carbocycles. The zero-order chi connectivity index (χ0) is 15.8. The maximum absolute atomic E-state index is 5.95. The number of rotatable bonds is 3. The second-order valence-corrected chi connectivity index (χ2v) is 6.47. The molecule has 6 nitrogen and oxygen atoms in total. The van der Waals surface area contributed by atoms with Crippen LogP contribution in [0.5, 0.6) is 0 Å². The summed E-state index contributed by atoms with van der Waals surface area (Å²) >= 11 is 5.37. The molecule has 0 spiro atoms. The molecule has 3 aromatic rings. The van der Waals surface area contributed by atoms with Gasteiger partial charge < -0.3 is 8.98 Å². The molecule has 0 saturated carbocycles. The van der Waals surface area contributed by atoms with Crippen LogP contribution in [0.2, 0.25) is 0 Å². The maximum atomic E-state index is 5.95. The number of likely N-dealkylation sites (tertiary alicyclic amines) is 1. The molecular weight excluding hydrogens is 310 g/mol. The van der Waals surface area contributed by atoms with Crippen LogP contribution in [0.4, 0.5) is 0 Å². The molecule has 3 heterocycles. The van der Waals surface area contributed by atoms with Crippen LogP contribution in [0, 0.1) is 4.77 Å². The van der Waals surface area contributed by atoms with Gasteiger partial charge in [0.05, 0.1) is 6.67 Å². The lowest BCUT2D eigenvalue weighted by molar-refractivity contribution is 0.147. The molecule has 23 heavy (non-hydrogen) atoms. The molecule has 1 saturated heterocycles. The van der Waals surface area contributed by atoms with Gasteiger partial charge >= 0.3 is 0 Å². The van der Waals surface area contributed by atoms with Gasteiger partial charge in [0, 0.05) is 19.5 Å². The molecule has 7 heteroatoms. The Labute approximate surface area is 139 Å². The minimum atomic E-state index is 0.328. The minimum Gasteiger partial charge on any atom is -0.440 e. The maximum Gasteiger partial charge on any atom is 0.199 e. The Hall–Kier alpha value is -1.99. The number of aryl methyl sites for hydroxylation is 1. The standard InChI is InChI=1S/C16H19N5OS/c1-19-10-17-21(16(19)23)11-20-8-4-5-12(9-20)15-18-13-6-2-3-7-14(13)22-15/h2-3,6-7,10,12H,4-5,8-9,11H2,1H3.